The van der Waals surface area contributed by atoms with E-state index in [1.165, 1.54) is 5.56 Å². The molecule has 1 rings (SSSR count). The highest BCUT2D eigenvalue weighted by Crippen LogP contribution is 2.09. The first-order chi connectivity index (χ1) is 6.72. The summed E-state index contributed by atoms with van der Waals surface area (Å²) in [6.07, 6.45) is 1.11. The summed E-state index contributed by atoms with van der Waals surface area (Å²) in [7, 11) is 0. The van der Waals surface area contributed by atoms with Crippen molar-refractivity contribution in [3.05, 3.63) is 35.4 Å². The van der Waals surface area contributed by atoms with E-state index < -0.39 is 0 Å². The fraction of sp³-hybridized carbons (Fsp3) is 0.385. The average Bonchev–Trinajstić information content (AvgIpc) is 2.14. The van der Waals surface area contributed by atoms with E-state index in [1.54, 1.807) is 0 Å². The quantitative estimate of drug-likeness (QED) is 0.514. The smallest absolute Gasteiger partial charge is 0.0839 e. The summed E-state index contributed by atoms with van der Waals surface area (Å²) in [5, 5.41) is 0. The molecule has 1 aromatic carbocycles. The number of rotatable bonds is 2. The lowest BCUT2D eigenvalue weighted by Crippen LogP contribution is -1.93. The minimum absolute atomic E-state index is 0.397. The molecule has 0 bridgehead atoms. The van der Waals surface area contributed by atoms with Crippen LogP contribution in [-0.4, -0.2) is 5.88 Å². The van der Waals surface area contributed by atoms with Gasteiger partial charge in [0.15, 0.2) is 0 Å². The van der Waals surface area contributed by atoms with Gasteiger partial charge in [-0.3, -0.25) is 0 Å². The van der Waals surface area contributed by atoms with E-state index >= 15 is 0 Å². The highest BCUT2D eigenvalue weighted by molar-refractivity contribution is 6.19. The van der Waals surface area contributed by atoms with Gasteiger partial charge in [-0.15, -0.1) is 11.6 Å². The molecule has 0 unspecified atom stereocenters. The molecule has 0 fully saturated rings. The van der Waals surface area contributed by atoms with Gasteiger partial charge in [-0.2, -0.15) is 0 Å². The summed E-state index contributed by atoms with van der Waals surface area (Å²) < 4.78 is 0. The molecule has 0 radical (unpaired) electrons. The van der Waals surface area contributed by atoms with E-state index in [1.807, 2.05) is 6.07 Å². The number of alkyl halides is 1. The Morgan fingerprint density at radius 1 is 1.36 bits per heavy atom. The third kappa shape index (κ3) is 3.85. The lowest BCUT2D eigenvalue weighted by molar-refractivity contribution is 0.647. The fourth-order valence-electron chi connectivity index (χ4n) is 1.38. The second-order valence-corrected chi connectivity index (χ2v) is 4.00. The van der Waals surface area contributed by atoms with Crippen molar-refractivity contribution < 1.29 is 0 Å². The first-order valence-electron chi connectivity index (χ1n) is 4.86. The van der Waals surface area contributed by atoms with Gasteiger partial charge in [-0.25, -0.2) is 0 Å². The Morgan fingerprint density at radius 2 is 2.14 bits per heavy atom. The second-order valence-electron chi connectivity index (χ2n) is 3.73. The molecule has 0 aliphatic heterocycles. The lowest BCUT2D eigenvalue weighted by Gasteiger charge is -2.04. The Balaban J connectivity index is 2.78. The van der Waals surface area contributed by atoms with Crippen molar-refractivity contribution in [1.29, 1.82) is 0 Å². The predicted molar refractivity (Wildman–Crippen MR) is 62.6 cm³/mol. The van der Waals surface area contributed by atoms with E-state index in [9.17, 15) is 0 Å². The third-order valence-corrected chi connectivity index (χ3v) is 2.00. The topological polar surface area (TPSA) is 0 Å². The molecule has 1 aromatic rings. The van der Waals surface area contributed by atoms with Gasteiger partial charge in [0.05, 0.1) is 5.88 Å². The van der Waals surface area contributed by atoms with Crippen molar-refractivity contribution in [3.8, 4) is 11.8 Å². The molecule has 0 aliphatic rings. The van der Waals surface area contributed by atoms with E-state index in [0.29, 0.717) is 11.8 Å². The van der Waals surface area contributed by atoms with Gasteiger partial charge in [0.25, 0.3) is 0 Å². The number of halogens is 1. The minimum Gasteiger partial charge on any atom is -0.113 e. The van der Waals surface area contributed by atoms with Crippen molar-refractivity contribution >= 4 is 11.6 Å². The standard InChI is InChI=1S/C13H15Cl/c1-11(2)9-13-6-3-5-12(10-13)7-4-8-14/h3,5-6,10-11H,8-9H2,1-2H3. The molecule has 74 valence electrons. The maximum atomic E-state index is 5.50. The first-order valence-corrected chi connectivity index (χ1v) is 5.39. The van der Waals surface area contributed by atoms with Crippen LogP contribution in [0.3, 0.4) is 0 Å². The van der Waals surface area contributed by atoms with Crippen LogP contribution in [0.2, 0.25) is 0 Å². The van der Waals surface area contributed by atoms with Crippen molar-refractivity contribution in [2.75, 3.05) is 5.88 Å². The number of hydrogen-bond acceptors (Lipinski definition) is 0. The van der Waals surface area contributed by atoms with Crippen LogP contribution < -0.4 is 0 Å². The molecule has 0 heterocycles. The Labute approximate surface area is 91.3 Å². The molecule has 0 nitrogen and oxygen atoms in total. The third-order valence-electron chi connectivity index (χ3n) is 1.87. The van der Waals surface area contributed by atoms with Crippen LogP contribution in [0, 0.1) is 17.8 Å². The van der Waals surface area contributed by atoms with Gasteiger partial charge < -0.3 is 0 Å². The molecule has 0 aliphatic carbocycles. The first kappa shape index (κ1) is 11.1. The molecule has 14 heavy (non-hydrogen) atoms. The summed E-state index contributed by atoms with van der Waals surface area (Å²) in [5.41, 5.74) is 2.41. The molecular weight excluding hydrogens is 192 g/mol. The minimum atomic E-state index is 0.397. The van der Waals surface area contributed by atoms with Crippen LogP contribution in [0.1, 0.15) is 25.0 Å². The summed E-state index contributed by atoms with van der Waals surface area (Å²) in [6, 6.07) is 8.35. The van der Waals surface area contributed by atoms with E-state index in [2.05, 4.69) is 43.9 Å². The zero-order valence-electron chi connectivity index (χ0n) is 8.68. The van der Waals surface area contributed by atoms with Crippen molar-refractivity contribution in [3.63, 3.8) is 0 Å². The van der Waals surface area contributed by atoms with E-state index in [-0.39, 0.29) is 0 Å². The van der Waals surface area contributed by atoms with Gasteiger partial charge in [-0.1, -0.05) is 37.8 Å². The van der Waals surface area contributed by atoms with Crippen LogP contribution >= 0.6 is 11.6 Å². The zero-order chi connectivity index (χ0) is 10.4. The summed E-state index contributed by atoms with van der Waals surface area (Å²) in [4.78, 5) is 0. The highest BCUT2D eigenvalue weighted by Gasteiger charge is 1.97. The van der Waals surface area contributed by atoms with Crippen LogP contribution in [0.15, 0.2) is 24.3 Å². The Bertz CT molecular complexity index is 342. The molecule has 0 saturated heterocycles. The van der Waals surface area contributed by atoms with Gasteiger partial charge in [0, 0.05) is 5.56 Å². The monoisotopic (exact) mass is 206 g/mol. The molecule has 0 atom stereocenters. The van der Waals surface area contributed by atoms with Crippen molar-refractivity contribution in [2.24, 2.45) is 5.92 Å². The lowest BCUT2D eigenvalue weighted by atomic mass is 10.0. The number of benzene rings is 1. The summed E-state index contributed by atoms with van der Waals surface area (Å²) >= 11 is 5.50. The average molecular weight is 207 g/mol. The molecule has 0 N–H and O–H groups in total. The Morgan fingerprint density at radius 3 is 2.79 bits per heavy atom. The van der Waals surface area contributed by atoms with Crippen molar-refractivity contribution in [2.45, 2.75) is 20.3 Å². The predicted octanol–water partition coefficient (Wildman–Crippen LogP) is 3.48. The molecule has 1 heteroatoms. The van der Waals surface area contributed by atoms with Crippen molar-refractivity contribution in [1.82, 2.24) is 0 Å². The van der Waals surface area contributed by atoms with Gasteiger partial charge in [0.2, 0.25) is 0 Å². The molecule has 0 saturated carbocycles. The summed E-state index contributed by atoms with van der Waals surface area (Å²) in [6.45, 7) is 4.44. The molecule has 0 aromatic heterocycles. The normalized spacial score (nSPS) is 9.71. The zero-order valence-corrected chi connectivity index (χ0v) is 9.43. The fourth-order valence-corrected chi connectivity index (χ4v) is 1.45. The largest absolute Gasteiger partial charge is 0.113 e. The molecule has 0 amide bonds. The van der Waals surface area contributed by atoms with Gasteiger partial charge in [-0.05, 0) is 30.0 Å². The SMILES string of the molecule is CC(C)Cc1cccc(C#CCCl)c1. The Kier molecular flexibility index (Phi) is 4.56. The second kappa shape index (κ2) is 5.73. The highest BCUT2D eigenvalue weighted by atomic mass is 35.5. The van der Waals surface area contributed by atoms with Crippen LogP contribution in [0.25, 0.3) is 0 Å². The van der Waals surface area contributed by atoms with Crippen LogP contribution in [0.4, 0.5) is 0 Å². The molecule has 0 spiro atoms. The Hall–Kier alpha value is -0.930. The molecular formula is C13H15Cl. The van der Waals surface area contributed by atoms with E-state index in [4.69, 9.17) is 11.6 Å². The van der Waals surface area contributed by atoms with Gasteiger partial charge in [0.1, 0.15) is 0 Å². The maximum Gasteiger partial charge on any atom is 0.0839 e. The van der Waals surface area contributed by atoms with Gasteiger partial charge >= 0.3 is 0 Å². The maximum absolute atomic E-state index is 5.50. The summed E-state index contributed by atoms with van der Waals surface area (Å²) in [5.74, 6) is 6.97. The van der Waals surface area contributed by atoms with Crippen LogP contribution in [-0.2, 0) is 6.42 Å². The van der Waals surface area contributed by atoms with Crippen LogP contribution in [0.5, 0.6) is 0 Å². The van der Waals surface area contributed by atoms with E-state index in [0.717, 1.165) is 12.0 Å². The number of hydrogen-bond donors (Lipinski definition) is 0.